The fourth-order valence-electron chi connectivity index (χ4n) is 8.87. The minimum Gasteiger partial charge on any atom is -0.309 e. The van der Waals surface area contributed by atoms with E-state index < -0.39 is 0 Å². The second-order valence-electron chi connectivity index (χ2n) is 13.2. The molecule has 5 aromatic heterocycles. The number of nitrogens with zero attached hydrogens (tertiary/aromatic N) is 4. The van der Waals surface area contributed by atoms with Gasteiger partial charge in [-0.2, -0.15) is 0 Å². The van der Waals surface area contributed by atoms with Crippen LogP contribution in [0.3, 0.4) is 0 Å². The van der Waals surface area contributed by atoms with Gasteiger partial charge in [-0.3, -0.25) is 4.57 Å². The number of fused-ring (bicyclic) bond motifs is 15. The summed E-state index contributed by atoms with van der Waals surface area (Å²) in [5.74, 6) is 0. The van der Waals surface area contributed by atoms with Crippen molar-refractivity contribution in [2.45, 2.75) is 0 Å². The lowest BCUT2D eigenvalue weighted by atomic mass is 10.00. The maximum atomic E-state index is 4.87. The Hall–Kier alpha value is -6.65. The van der Waals surface area contributed by atoms with Gasteiger partial charge in [0.25, 0.3) is 0 Å². The zero-order valence-corrected chi connectivity index (χ0v) is 26.3. The van der Waals surface area contributed by atoms with Gasteiger partial charge in [-0.15, -0.1) is 0 Å². The Kier molecular flexibility index (Phi) is 4.69. The van der Waals surface area contributed by atoms with Crippen molar-refractivity contribution in [1.29, 1.82) is 0 Å². The Labute approximate surface area is 279 Å². The zero-order chi connectivity index (χ0) is 31.8. The van der Waals surface area contributed by atoms with Crippen LogP contribution >= 0.6 is 0 Å². The van der Waals surface area contributed by atoms with Crippen molar-refractivity contribution in [2.24, 2.45) is 0 Å². The van der Waals surface area contributed by atoms with E-state index in [4.69, 9.17) is 4.98 Å². The molecule has 7 aromatic carbocycles. The van der Waals surface area contributed by atoms with E-state index in [0.29, 0.717) is 0 Å². The average Bonchev–Trinajstić information content (AvgIpc) is 3.88. The quantitative estimate of drug-likeness (QED) is 0.188. The molecule has 0 atom stereocenters. The molecule has 0 saturated carbocycles. The molecule has 0 amide bonds. The first kappa shape index (κ1) is 25.4. The number of aromatic nitrogens is 4. The Balaban J connectivity index is 1.26. The molecule has 0 aliphatic heterocycles. The first-order valence-electron chi connectivity index (χ1n) is 16.8. The summed E-state index contributed by atoms with van der Waals surface area (Å²) in [4.78, 5) is 4.87. The SMILES string of the molecule is c1cc(-n2c3ccccc3c3c4c5ccc6ccccc6c5n5c6ccccc6c(cc32)c45)cc(-n2c3ccccc3c3cccnc32)c1. The van der Waals surface area contributed by atoms with Gasteiger partial charge in [0.05, 0.1) is 33.1 Å². The lowest BCUT2D eigenvalue weighted by molar-refractivity contribution is 1.11. The predicted octanol–water partition coefficient (Wildman–Crippen LogP) is 11.6. The third-order valence-corrected chi connectivity index (χ3v) is 10.8. The third kappa shape index (κ3) is 3.12. The van der Waals surface area contributed by atoms with Gasteiger partial charge in [0, 0.05) is 66.0 Å². The molecule has 226 valence electrons. The first-order chi connectivity index (χ1) is 24.3. The molecular weight excluding hydrogens is 597 g/mol. The fraction of sp³-hybridized carbons (Fsp3) is 0. The second kappa shape index (κ2) is 9.03. The lowest BCUT2D eigenvalue weighted by Gasteiger charge is -2.12. The molecule has 4 nitrogen and oxygen atoms in total. The molecule has 0 saturated heterocycles. The van der Waals surface area contributed by atoms with Crippen LogP contribution in [-0.4, -0.2) is 18.5 Å². The maximum absolute atomic E-state index is 4.87. The van der Waals surface area contributed by atoms with Crippen LogP contribution in [0.25, 0.3) is 104 Å². The van der Waals surface area contributed by atoms with Crippen molar-refractivity contribution in [1.82, 2.24) is 18.5 Å². The molecule has 12 aromatic rings. The van der Waals surface area contributed by atoms with Crippen molar-refractivity contribution in [3.63, 3.8) is 0 Å². The standard InChI is InChI=1S/C45H26N4/c1-2-14-30-27(11-1)22-23-35-42-41-34-17-5-8-21-39(34)47(40(41)26-36-32-16-4-7-20-38(32)49(43(30)35)44(36)42)28-12-9-13-29(25-28)48-37-19-6-3-15-31(37)33-18-10-24-46-45(33)48/h1-26H. The van der Waals surface area contributed by atoms with Gasteiger partial charge in [0.2, 0.25) is 0 Å². The van der Waals surface area contributed by atoms with Crippen LogP contribution in [0.4, 0.5) is 0 Å². The van der Waals surface area contributed by atoms with Gasteiger partial charge in [-0.25, -0.2) is 4.98 Å². The molecule has 12 rings (SSSR count). The van der Waals surface area contributed by atoms with Gasteiger partial charge >= 0.3 is 0 Å². The largest absolute Gasteiger partial charge is 0.309 e. The first-order valence-corrected chi connectivity index (χ1v) is 16.8. The highest BCUT2D eigenvalue weighted by Crippen LogP contribution is 2.48. The summed E-state index contributed by atoms with van der Waals surface area (Å²) in [5.41, 5.74) is 10.6. The smallest absolute Gasteiger partial charge is 0.145 e. The van der Waals surface area contributed by atoms with E-state index >= 15 is 0 Å². The number of para-hydroxylation sites is 3. The monoisotopic (exact) mass is 622 g/mol. The Bertz CT molecular complexity index is 3280. The van der Waals surface area contributed by atoms with Gasteiger partial charge in [0.1, 0.15) is 5.65 Å². The average molecular weight is 623 g/mol. The molecule has 0 spiro atoms. The van der Waals surface area contributed by atoms with Crippen LogP contribution in [0.2, 0.25) is 0 Å². The van der Waals surface area contributed by atoms with Crippen molar-refractivity contribution >= 4 is 92.6 Å². The van der Waals surface area contributed by atoms with E-state index in [9.17, 15) is 0 Å². The van der Waals surface area contributed by atoms with Crippen LogP contribution in [0, 0.1) is 0 Å². The van der Waals surface area contributed by atoms with E-state index in [2.05, 4.69) is 159 Å². The minimum atomic E-state index is 0.967. The highest BCUT2D eigenvalue weighted by Gasteiger charge is 2.25. The number of pyridine rings is 1. The third-order valence-electron chi connectivity index (χ3n) is 10.8. The molecule has 4 heteroatoms. The number of hydrogen-bond donors (Lipinski definition) is 0. The molecule has 0 radical (unpaired) electrons. The van der Waals surface area contributed by atoms with Crippen LogP contribution in [0.5, 0.6) is 0 Å². The Morgan fingerprint density at radius 3 is 1.86 bits per heavy atom. The molecule has 0 bridgehead atoms. The van der Waals surface area contributed by atoms with E-state index in [-0.39, 0.29) is 0 Å². The van der Waals surface area contributed by atoms with Gasteiger partial charge < -0.3 is 8.97 Å². The topological polar surface area (TPSA) is 27.2 Å². The Morgan fingerprint density at radius 2 is 1.02 bits per heavy atom. The normalized spacial score (nSPS) is 12.5. The van der Waals surface area contributed by atoms with Crippen LogP contribution in [0.1, 0.15) is 0 Å². The summed E-state index contributed by atoms with van der Waals surface area (Å²) in [6.45, 7) is 0. The summed E-state index contributed by atoms with van der Waals surface area (Å²) in [5, 5.41) is 12.6. The highest BCUT2D eigenvalue weighted by molar-refractivity contribution is 6.37. The summed E-state index contributed by atoms with van der Waals surface area (Å²) in [6, 6.07) is 55.4. The fourth-order valence-corrected chi connectivity index (χ4v) is 8.87. The van der Waals surface area contributed by atoms with Crippen LogP contribution < -0.4 is 0 Å². The molecule has 0 aliphatic rings. The number of benzene rings is 7. The van der Waals surface area contributed by atoms with E-state index in [1.807, 2.05) is 12.3 Å². The van der Waals surface area contributed by atoms with Gasteiger partial charge in [-0.1, -0.05) is 97.1 Å². The summed E-state index contributed by atoms with van der Waals surface area (Å²) in [6.07, 6.45) is 1.89. The molecule has 0 aliphatic carbocycles. The number of hydrogen-bond acceptors (Lipinski definition) is 1. The molecule has 0 fully saturated rings. The van der Waals surface area contributed by atoms with E-state index in [1.165, 1.54) is 76.1 Å². The van der Waals surface area contributed by atoms with E-state index in [0.717, 1.165) is 27.9 Å². The Morgan fingerprint density at radius 1 is 0.367 bits per heavy atom. The lowest BCUT2D eigenvalue weighted by Crippen LogP contribution is -1.99. The molecule has 0 unspecified atom stereocenters. The summed E-state index contributed by atoms with van der Waals surface area (Å²) in [7, 11) is 0. The molecular formula is C45H26N4. The van der Waals surface area contributed by atoms with Gasteiger partial charge in [0.15, 0.2) is 0 Å². The zero-order valence-electron chi connectivity index (χ0n) is 26.3. The van der Waals surface area contributed by atoms with Crippen molar-refractivity contribution in [3.05, 3.63) is 158 Å². The minimum absolute atomic E-state index is 0.967. The maximum Gasteiger partial charge on any atom is 0.145 e. The second-order valence-corrected chi connectivity index (χ2v) is 13.2. The van der Waals surface area contributed by atoms with Crippen LogP contribution in [0.15, 0.2) is 158 Å². The summed E-state index contributed by atoms with van der Waals surface area (Å²) < 4.78 is 7.30. The highest BCUT2D eigenvalue weighted by atomic mass is 15.1. The molecule has 49 heavy (non-hydrogen) atoms. The summed E-state index contributed by atoms with van der Waals surface area (Å²) >= 11 is 0. The van der Waals surface area contributed by atoms with Crippen molar-refractivity contribution in [2.75, 3.05) is 0 Å². The van der Waals surface area contributed by atoms with E-state index in [1.54, 1.807) is 0 Å². The molecule has 5 heterocycles. The predicted molar refractivity (Wildman–Crippen MR) is 205 cm³/mol. The molecule has 0 N–H and O–H groups in total. The number of rotatable bonds is 2. The van der Waals surface area contributed by atoms with Crippen molar-refractivity contribution < 1.29 is 0 Å². The van der Waals surface area contributed by atoms with Crippen molar-refractivity contribution in [3.8, 4) is 11.4 Å². The van der Waals surface area contributed by atoms with Gasteiger partial charge in [-0.05, 0) is 60.0 Å². The van der Waals surface area contributed by atoms with Crippen LogP contribution in [-0.2, 0) is 0 Å².